The van der Waals surface area contributed by atoms with Crippen LogP contribution in [-0.2, 0) is 4.79 Å². The molecule has 7 heteroatoms. The summed E-state index contributed by atoms with van der Waals surface area (Å²) in [5.41, 5.74) is 2.48. The summed E-state index contributed by atoms with van der Waals surface area (Å²) in [6, 6.07) is 0.00674. The normalized spacial score (nSPS) is 19.9. The number of hydrogen-bond donors (Lipinski definition) is 2. The summed E-state index contributed by atoms with van der Waals surface area (Å²) in [5, 5.41) is 0. The Balaban J connectivity index is 2.46. The van der Waals surface area contributed by atoms with Gasteiger partial charge in [-0.25, -0.2) is 0 Å². The molecule has 0 aromatic rings. The summed E-state index contributed by atoms with van der Waals surface area (Å²) in [7, 11) is 0. The molecule has 1 rings (SSSR count). The summed E-state index contributed by atoms with van der Waals surface area (Å²) in [4.78, 5) is 11.6. The number of carbonyl (C=O) groups is 1. The number of nitrogens with two attached hydrogens (primary N) is 1. The molecule has 1 amide bonds. The van der Waals surface area contributed by atoms with Gasteiger partial charge in [0.2, 0.25) is 0 Å². The van der Waals surface area contributed by atoms with Gasteiger partial charge in [-0.05, 0) is 12.8 Å². The highest BCUT2D eigenvalue weighted by molar-refractivity contribution is 5.81. The van der Waals surface area contributed by atoms with Gasteiger partial charge in [-0.3, -0.25) is 16.1 Å². The third kappa shape index (κ3) is 2.58. The summed E-state index contributed by atoms with van der Waals surface area (Å²) < 4.78 is 35.9. The Morgan fingerprint density at radius 3 is 2.21 bits per heavy atom. The van der Waals surface area contributed by atoms with Crippen molar-refractivity contribution < 1.29 is 18.0 Å². The molecule has 0 unspecified atom stereocenters. The molecule has 0 aromatic heterocycles. The summed E-state index contributed by atoms with van der Waals surface area (Å²) >= 11 is 0. The van der Waals surface area contributed by atoms with E-state index in [1.807, 2.05) is 0 Å². The first-order chi connectivity index (χ1) is 6.45. The number of rotatable bonds is 1. The van der Waals surface area contributed by atoms with Crippen LogP contribution in [0, 0.1) is 0 Å². The maximum Gasteiger partial charge on any atom is 0.471 e. The van der Waals surface area contributed by atoms with E-state index in [9.17, 15) is 18.0 Å². The lowest BCUT2D eigenvalue weighted by Gasteiger charge is -2.31. The number of nitrogens with one attached hydrogen (secondary N) is 1. The van der Waals surface area contributed by atoms with E-state index < -0.39 is 12.1 Å². The predicted molar refractivity (Wildman–Crippen MR) is 43.0 cm³/mol. The molecule has 1 saturated heterocycles. The number of likely N-dealkylation sites (tertiary alicyclic amines) is 1. The van der Waals surface area contributed by atoms with Crippen LogP contribution in [0.1, 0.15) is 12.8 Å². The average Bonchev–Trinajstić information content (AvgIpc) is 2.15. The fraction of sp³-hybridized carbons (Fsp3) is 0.857. The highest BCUT2D eigenvalue weighted by atomic mass is 19.4. The molecule has 14 heavy (non-hydrogen) atoms. The van der Waals surface area contributed by atoms with E-state index in [0.29, 0.717) is 12.8 Å². The molecule has 0 spiro atoms. The monoisotopic (exact) mass is 211 g/mol. The van der Waals surface area contributed by atoms with Gasteiger partial charge in [-0.1, -0.05) is 0 Å². The smallest absolute Gasteiger partial charge is 0.335 e. The molecular formula is C7H12F3N3O. The first kappa shape index (κ1) is 11.3. The zero-order chi connectivity index (χ0) is 10.8. The van der Waals surface area contributed by atoms with Crippen LogP contribution in [0.2, 0.25) is 0 Å². The number of carbonyl (C=O) groups excluding carboxylic acids is 1. The Morgan fingerprint density at radius 1 is 1.36 bits per heavy atom. The minimum Gasteiger partial charge on any atom is -0.335 e. The van der Waals surface area contributed by atoms with Crippen molar-refractivity contribution in [2.24, 2.45) is 5.84 Å². The first-order valence-corrected chi connectivity index (χ1v) is 4.27. The van der Waals surface area contributed by atoms with Gasteiger partial charge >= 0.3 is 12.1 Å². The van der Waals surface area contributed by atoms with Crippen LogP contribution >= 0.6 is 0 Å². The van der Waals surface area contributed by atoms with Gasteiger partial charge < -0.3 is 4.90 Å². The van der Waals surface area contributed by atoms with Crippen LogP contribution < -0.4 is 11.3 Å². The van der Waals surface area contributed by atoms with Crippen molar-refractivity contribution in [2.75, 3.05) is 13.1 Å². The van der Waals surface area contributed by atoms with Crippen LogP contribution in [-0.4, -0.2) is 36.1 Å². The zero-order valence-corrected chi connectivity index (χ0v) is 7.47. The SMILES string of the molecule is NNC1CCN(C(=O)C(F)(F)F)CC1. The van der Waals surface area contributed by atoms with Crippen molar-refractivity contribution in [1.82, 2.24) is 10.3 Å². The number of amides is 1. The summed E-state index contributed by atoms with van der Waals surface area (Å²) in [6.45, 7) is 0.209. The number of nitrogens with zero attached hydrogens (tertiary/aromatic N) is 1. The molecule has 1 fully saturated rings. The Morgan fingerprint density at radius 2 is 1.86 bits per heavy atom. The Bertz CT molecular complexity index is 211. The number of piperidine rings is 1. The Kier molecular flexibility index (Phi) is 3.33. The molecule has 1 aliphatic heterocycles. The molecule has 0 saturated carbocycles. The van der Waals surface area contributed by atoms with E-state index in [2.05, 4.69) is 5.43 Å². The lowest BCUT2D eigenvalue weighted by atomic mass is 10.1. The van der Waals surface area contributed by atoms with E-state index in [-0.39, 0.29) is 19.1 Å². The number of hydrazine groups is 1. The van der Waals surface area contributed by atoms with Crippen molar-refractivity contribution in [1.29, 1.82) is 0 Å². The van der Waals surface area contributed by atoms with Crippen molar-refractivity contribution in [3.8, 4) is 0 Å². The van der Waals surface area contributed by atoms with Crippen LogP contribution in [0.25, 0.3) is 0 Å². The highest BCUT2D eigenvalue weighted by Gasteiger charge is 2.43. The standard InChI is InChI=1S/C7H12F3N3O/c8-7(9,10)6(14)13-3-1-5(12-11)2-4-13/h5,12H,1-4,11H2. The molecule has 82 valence electrons. The van der Waals surface area contributed by atoms with E-state index in [4.69, 9.17) is 5.84 Å². The molecule has 0 atom stereocenters. The zero-order valence-electron chi connectivity index (χ0n) is 7.47. The van der Waals surface area contributed by atoms with Gasteiger partial charge in [0.15, 0.2) is 0 Å². The van der Waals surface area contributed by atoms with Gasteiger partial charge in [0.25, 0.3) is 0 Å². The summed E-state index contributed by atoms with van der Waals surface area (Å²) in [6.07, 6.45) is -3.85. The molecule has 1 heterocycles. The average molecular weight is 211 g/mol. The second-order valence-corrected chi connectivity index (χ2v) is 3.23. The summed E-state index contributed by atoms with van der Waals surface area (Å²) in [5.74, 6) is 3.38. The van der Waals surface area contributed by atoms with Crippen LogP contribution in [0.15, 0.2) is 0 Å². The third-order valence-corrected chi connectivity index (χ3v) is 2.26. The van der Waals surface area contributed by atoms with Crippen molar-refractivity contribution in [3.63, 3.8) is 0 Å². The van der Waals surface area contributed by atoms with Crippen LogP contribution in [0.4, 0.5) is 13.2 Å². The fourth-order valence-electron chi connectivity index (χ4n) is 1.43. The van der Waals surface area contributed by atoms with Gasteiger partial charge in [0.05, 0.1) is 0 Å². The topological polar surface area (TPSA) is 58.4 Å². The van der Waals surface area contributed by atoms with Gasteiger partial charge in [-0.2, -0.15) is 13.2 Å². The van der Waals surface area contributed by atoms with E-state index in [1.165, 1.54) is 0 Å². The minimum absolute atomic E-state index is 0.00674. The van der Waals surface area contributed by atoms with Gasteiger partial charge in [-0.15, -0.1) is 0 Å². The second kappa shape index (κ2) is 4.14. The number of hydrogen-bond acceptors (Lipinski definition) is 3. The van der Waals surface area contributed by atoms with Gasteiger partial charge in [0, 0.05) is 19.1 Å². The molecule has 0 aromatic carbocycles. The van der Waals surface area contributed by atoms with Gasteiger partial charge in [0.1, 0.15) is 0 Å². The second-order valence-electron chi connectivity index (χ2n) is 3.23. The van der Waals surface area contributed by atoms with Crippen molar-refractivity contribution in [3.05, 3.63) is 0 Å². The fourth-order valence-corrected chi connectivity index (χ4v) is 1.43. The molecule has 0 bridgehead atoms. The highest BCUT2D eigenvalue weighted by Crippen LogP contribution is 2.21. The lowest BCUT2D eigenvalue weighted by Crippen LogP contribution is -2.50. The minimum atomic E-state index is -4.76. The Hall–Kier alpha value is -0.820. The van der Waals surface area contributed by atoms with E-state index in [0.717, 1.165) is 4.90 Å². The maximum absolute atomic E-state index is 12.0. The van der Waals surface area contributed by atoms with Crippen LogP contribution in [0.3, 0.4) is 0 Å². The van der Waals surface area contributed by atoms with Crippen LogP contribution in [0.5, 0.6) is 0 Å². The third-order valence-electron chi connectivity index (χ3n) is 2.26. The predicted octanol–water partition coefficient (Wildman–Crippen LogP) is 0.00300. The molecule has 3 N–H and O–H groups in total. The molecule has 4 nitrogen and oxygen atoms in total. The molecule has 1 aliphatic rings. The van der Waals surface area contributed by atoms with E-state index in [1.54, 1.807) is 0 Å². The lowest BCUT2D eigenvalue weighted by molar-refractivity contribution is -0.186. The van der Waals surface area contributed by atoms with Crippen molar-refractivity contribution >= 4 is 5.91 Å². The number of alkyl halides is 3. The maximum atomic E-state index is 12.0. The van der Waals surface area contributed by atoms with E-state index >= 15 is 0 Å². The first-order valence-electron chi connectivity index (χ1n) is 4.27. The molecule has 0 radical (unpaired) electrons. The Labute approximate surface area is 79.2 Å². The molecular weight excluding hydrogens is 199 g/mol. The van der Waals surface area contributed by atoms with Crippen molar-refractivity contribution in [2.45, 2.75) is 25.1 Å². The quantitative estimate of drug-likeness (QED) is 0.474. The number of halogens is 3. The largest absolute Gasteiger partial charge is 0.471 e. The molecule has 0 aliphatic carbocycles.